The number of carbonyl (C=O) groups is 1. The predicted octanol–water partition coefficient (Wildman–Crippen LogP) is 3.47. The van der Waals surface area contributed by atoms with E-state index >= 15 is 0 Å². The van der Waals surface area contributed by atoms with Crippen molar-refractivity contribution >= 4 is 33.7 Å². The molecular weight excluding hydrogens is 270 g/mol. The van der Waals surface area contributed by atoms with Gasteiger partial charge >= 0.3 is 0 Å². The van der Waals surface area contributed by atoms with E-state index in [1.165, 1.54) is 11.8 Å². The average molecular weight is 285 g/mol. The largest absolute Gasteiger partial charge is 0.286 e. The molecule has 20 heavy (non-hydrogen) atoms. The molecule has 0 N–H and O–H groups in total. The van der Waals surface area contributed by atoms with Crippen LogP contribution in [0.1, 0.15) is 19.5 Å². The Morgan fingerprint density at radius 3 is 2.70 bits per heavy atom. The first kappa shape index (κ1) is 13.1. The maximum Gasteiger partial charge on any atom is 0.236 e. The van der Waals surface area contributed by atoms with Gasteiger partial charge in [-0.2, -0.15) is 0 Å². The Hall–Kier alpha value is -1.88. The number of hydrogen-bond donors (Lipinski definition) is 0. The third-order valence-corrected chi connectivity index (χ3v) is 4.45. The topological polar surface area (TPSA) is 47.3 Å². The number of thioether (sulfide) groups is 1. The van der Waals surface area contributed by atoms with Gasteiger partial charge in [0.05, 0.1) is 16.7 Å². The van der Waals surface area contributed by atoms with Crippen molar-refractivity contribution in [2.75, 3.05) is 0 Å². The Morgan fingerprint density at radius 1 is 1.20 bits per heavy atom. The van der Waals surface area contributed by atoms with E-state index < -0.39 is 0 Å². The zero-order valence-corrected chi connectivity index (χ0v) is 12.4. The van der Waals surface area contributed by atoms with Gasteiger partial charge in [0, 0.05) is 5.92 Å². The van der Waals surface area contributed by atoms with Gasteiger partial charge in [-0.25, -0.2) is 9.97 Å². The van der Waals surface area contributed by atoms with Crippen molar-refractivity contribution in [2.24, 2.45) is 5.92 Å². The summed E-state index contributed by atoms with van der Waals surface area (Å²) >= 11 is 1.25. The predicted molar refractivity (Wildman–Crippen MR) is 80.9 cm³/mol. The van der Waals surface area contributed by atoms with Crippen molar-refractivity contribution in [1.29, 1.82) is 0 Å². The van der Waals surface area contributed by atoms with Crippen LogP contribution < -0.4 is 0 Å². The third-order valence-electron chi connectivity index (χ3n) is 3.10. The van der Waals surface area contributed by atoms with Crippen LogP contribution in [0.25, 0.3) is 16.8 Å². The van der Waals surface area contributed by atoms with Gasteiger partial charge in [-0.1, -0.05) is 32.0 Å². The summed E-state index contributed by atoms with van der Waals surface area (Å²) < 4.78 is 1.97. The molecule has 2 aromatic heterocycles. The van der Waals surface area contributed by atoms with Crippen LogP contribution in [-0.2, 0) is 4.79 Å². The minimum Gasteiger partial charge on any atom is -0.286 e. The third kappa shape index (κ3) is 2.08. The highest BCUT2D eigenvalue weighted by Gasteiger charge is 2.19. The molecule has 4 nitrogen and oxygen atoms in total. The number of carbonyl (C=O) groups excluding carboxylic acids is 1. The molecule has 0 bridgehead atoms. The molecular formula is C15H15N3OS. The minimum atomic E-state index is -0.00440. The lowest BCUT2D eigenvalue weighted by atomic mass is 10.3. The molecule has 5 heteroatoms. The second kappa shape index (κ2) is 4.90. The highest BCUT2D eigenvalue weighted by molar-refractivity contribution is 8.13. The molecule has 0 radical (unpaired) electrons. The van der Waals surface area contributed by atoms with E-state index in [1.807, 2.05) is 55.5 Å². The second-order valence-corrected chi connectivity index (χ2v) is 6.00. The van der Waals surface area contributed by atoms with Gasteiger partial charge in [-0.15, -0.1) is 0 Å². The lowest BCUT2D eigenvalue weighted by Gasteiger charge is -2.03. The highest BCUT2D eigenvalue weighted by atomic mass is 32.2. The molecule has 0 atom stereocenters. The van der Waals surface area contributed by atoms with Crippen LogP contribution in [0.15, 0.2) is 35.4 Å². The van der Waals surface area contributed by atoms with Crippen LogP contribution >= 0.6 is 11.8 Å². The van der Waals surface area contributed by atoms with E-state index in [0.717, 1.165) is 21.8 Å². The number of nitrogens with zero attached hydrogens (tertiary/aromatic N) is 3. The summed E-state index contributed by atoms with van der Waals surface area (Å²) in [5.74, 6) is 0.651. The fraction of sp³-hybridized carbons (Fsp3) is 0.267. The van der Waals surface area contributed by atoms with Crippen LogP contribution in [0.5, 0.6) is 0 Å². The van der Waals surface area contributed by atoms with Crippen molar-refractivity contribution in [1.82, 2.24) is 14.4 Å². The molecule has 0 aliphatic rings. The molecule has 0 aliphatic carbocycles. The lowest BCUT2D eigenvalue weighted by Crippen LogP contribution is -2.02. The summed E-state index contributed by atoms with van der Waals surface area (Å²) in [6.07, 6.45) is 0. The second-order valence-electron chi connectivity index (χ2n) is 5.01. The minimum absolute atomic E-state index is 0.00440. The molecule has 0 aliphatic heterocycles. The fourth-order valence-corrected chi connectivity index (χ4v) is 2.94. The van der Waals surface area contributed by atoms with E-state index in [0.29, 0.717) is 5.78 Å². The lowest BCUT2D eigenvalue weighted by molar-refractivity contribution is -0.113. The Kier molecular flexibility index (Phi) is 3.22. The first-order valence-corrected chi connectivity index (χ1v) is 7.35. The molecule has 0 fully saturated rings. The average Bonchev–Trinajstić information content (AvgIpc) is 2.76. The van der Waals surface area contributed by atoms with Gasteiger partial charge in [0.1, 0.15) is 5.03 Å². The summed E-state index contributed by atoms with van der Waals surface area (Å²) in [6, 6.07) is 9.84. The van der Waals surface area contributed by atoms with Crippen molar-refractivity contribution in [3.63, 3.8) is 0 Å². The molecule has 0 saturated heterocycles. The summed E-state index contributed by atoms with van der Waals surface area (Å²) in [6.45, 7) is 5.73. The Balaban J connectivity index is 2.25. The van der Waals surface area contributed by atoms with Crippen molar-refractivity contribution in [3.8, 4) is 0 Å². The Labute approximate surface area is 121 Å². The molecule has 0 saturated carbocycles. The van der Waals surface area contributed by atoms with Gasteiger partial charge in [-0.3, -0.25) is 9.20 Å². The molecule has 0 amide bonds. The molecule has 3 aromatic rings. The van der Waals surface area contributed by atoms with Gasteiger partial charge in [0.15, 0.2) is 5.12 Å². The molecule has 102 valence electrons. The summed E-state index contributed by atoms with van der Waals surface area (Å²) in [7, 11) is 0. The standard InChI is InChI=1S/C15H15N3OS/c1-9(2)14(19)20-13-10(3)16-15-17-11-7-5-4-6-8-12(11)18(13)15/h4-9H,1-3H3. The van der Waals surface area contributed by atoms with E-state index in [1.54, 1.807) is 0 Å². The van der Waals surface area contributed by atoms with Crippen LogP contribution in [0.2, 0.25) is 0 Å². The maximum atomic E-state index is 12.0. The maximum absolute atomic E-state index is 12.0. The molecule has 0 unspecified atom stereocenters. The Morgan fingerprint density at radius 2 is 1.95 bits per heavy atom. The SMILES string of the molecule is Cc1nc2nc3cccccc3n2c1SC(=O)C(C)C. The zero-order valence-electron chi connectivity index (χ0n) is 11.6. The normalized spacial score (nSPS) is 11.6. The molecule has 2 heterocycles. The van der Waals surface area contributed by atoms with Gasteiger partial charge in [-0.05, 0) is 30.8 Å². The number of imidazole rings is 2. The van der Waals surface area contributed by atoms with Crippen LogP contribution in [0.4, 0.5) is 0 Å². The molecule has 0 spiro atoms. The zero-order chi connectivity index (χ0) is 14.3. The number of aromatic nitrogens is 3. The first-order chi connectivity index (χ1) is 9.58. The Bertz CT molecular complexity index is 807. The van der Waals surface area contributed by atoms with Crippen molar-refractivity contribution in [3.05, 3.63) is 36.0 Å². The number of fused-ring (bicyclic) bond motifs is 3. The van der Waals surface area contributed by atoms with E-state index in [-0.39, 0.29) is 11.0 Å². The smallest absolute Gasteiger partial charge is 0.236 e. The van der Waals surface area contributed by atoms with E-state index in [2.05, 4.69) is 9.97 Å². The van der Waals surface area contributed by atoms with E-state index in [4.69, 9.17) is 0 Å². The summed E-state index contributed by atoms with van der Waals surface area (Å²) in [5.41, 5.74) is 2.71. The highest BCUT2D eigenvalue weighted by Crippen LogP contribution is 2.29. The summed E-state index contributed by atoms with van der Waals surface area (Å²) in [4.78, 5) is 21.0. The monoisotopic (exact) mass is 285 g/mol. The summed E-state index contributed by atoms with van der Waals surface area (Å²) in [5, 5.41) is 1.01. The van der Waals surface area contributed by atoms with Crippen LogP contribution in [0, 0.1) is 12.8 Å². The van der Waals surface area contributed by atoms with Crippen molar-refractivity contribution < 1.29 is 4.79 Å². The molecule has 1 aromatic carbocycles. The molecule has 3 rings (SSSR count). The van der Waals surface area contributed by atoms with Crippen LogP contribution in [-0.4, -0.2) is 19.5 Å². The first-order valence-electron chi connectivity index (χ1n) is 6.53. The number of hydrogen-bond acceptors (Lipinski definition) is 4. The van der Waals surface area contributed by atoms with Crippen molar-refractivity contribution in [2.45, 2.75) is 25.8 Å². The number of aryl methyl sites for hydroxylation is 1. The van der Waals surface area contributed by atoms with Gasteiger partial charge < -0.3 is 0 Å². The van der Waals surface area contributed by atoms with Gasteiger partial charge in [0.2, 0.25) is 5.78 Å². The fourth-order valence-electron chi connectivity index (χ4n) is 2.04. The van der Waals surface area contributed by atoms with Gasteiger partial charge in [0.25, 0.3) is 0 Å². The van der Waals surface area contributed by atoms with Crippen LogP contribution in [0.3, 0.4) is 0 Å². The number of rotatable bonds is 2. The van der Waals surface area contributed by atoms with E-state index in [9.17, 15) is 4.79 Å². The quantitative estimate of drug-likeness (QED) is 0.676.